The van der Waals surface area contributed by atoms with Crippen LogP contribution in [0.25, 0.3) is 6.08 Å². The molecule has 1 atom stereocenters. The second kappa shape index (κ2) is 14.7. The van der Waals surface area contributed by atoms with Crippen molar-refractivity contribution >= 4 is 12.0 Å². The third-order valence-electron chi connectivity index (χ3n) is 4.81. The molecule has 6 nitrogen and oxygen atoms in total. The number of methoxy groups -OCH3 is 3. The average molecular weight is 408 g/mol. The van der Waals surface area contributed by atoms with Gasteiger partial charge < -0.3 is 24.3 Å². The van der Waals surface area contributed by atoms with Crippen LogP contribution in [0.2, 0.25) is 0 Å². The lowest BCUT2D eigenvalue weighted by Crippen LogP contribution is -2.23. The molecule has 0 aliphatic heterocycles. The fraction of sp³-hybridized carbons (Fsp3) is 0.609. The van der Waals surface area contributed by atoms with Gasteiger partial charge in [-0.3, -0.25) is 4.79 Å². The first kappa shape index (κ1) is 24.8. The third-order valence-corrected chi connectivity index (χ3v) is 4.81. The summed E-state index contributed by atoms with van der Waals surface area (Å²) >= 11 is 0. The molecule has 0 heterocycles. The summed E-state index contributed by atoms with van der Waals surface area (Å²) in [6.07, 6.45) is 8.85. The van der Waals surface area contributed by atoms with Crippen LogP contribution in [0.4, 0.5) is 0 Å². The minimum Gasteiger partial charge on any atom is -0.493 e. The van der Waals surface area contributed by atoms with E-state index in [-0.39, 0.29) is 5.91 Å². The van der Waals surface area contributed by atoms with E-state index in [9.17, 15) is 4.79 Å². The summed E-state index contributed by atoms with van der Waals surface area (Å²) in [5.74, 6) is 2.09. The van der Waals surface area contributed by atoms with Gasteiger partial charge in [0, 0.05) is 31.4 Å². The Balaban J connectivity index is 2.41. The zero-order valence-electron chi connectivity index (χ0n) is 18.6. The molecular formula is C23H37NO5. The molecular weight excluding hydrogens is 370 g/mol. The predicted molar refractivity (Wildman–Crippen MR) is 117 cm³/mol. The van der Waals surface area contributed by atoms with Gasteiger partial charge in [0.15, 0.2) is 11.5 Å². The molecule has 6 heteroatoms. The molecule has 0 saturated carbocycles. The normalized spacial score (nSPS) is 12.0. The molecule has 1 rings (SSSR count). The summed E-state index contributed by atoms with van der Waals surface area (Å²) in [5, 5.41) is 2.88. The number of hydrogen-bond donors (Lipinski definition) is 1. The van der Waals surface area contributed by atoms with Gasteiger partial charge in [0.1, 0.15) is 0 Å². The van der Waals surface area contributed by atoms with E-state index in [1.807, 2.05) is 6.07 Å². The Kier molecular flexibility index (Phi) is 12.6. The molecule has 1 unspecified atom stereocenters. The number of rotatable bonds is 15. The van der Waals surface area contributed by atoms with Crippen LogP contribution < -0.4 is 19.5 Å². The number of amides is 1. The van der Waals surface area contributed by atoms with Crippen molar-refractivity contribution < 1.29 is 23.7 Å². The van der Waals surface area contributed by atoms with Crippen LogP contribution in [0.15, 0.2) is 18.2 Å². The molecule has 0 spiro atoms. The highest BCUT2D eigenvalue weighted by Gasteiger charge is 2.14. The van der Waals surface area contributed by atoms with Crippen LogP contribution in [0, 0.1) is 5.92 Å². The summed E-state index contributed by atoms with van der Waals surface area (Å²) in [4.78, 5) is 12.1. The van der Waals surface area contributed by atoms with E-state index in [4.69, 9.17) is 18.9 Å². The van der Waals surface area contributed by atoms with E-state index in [0.717, 1.165) is 25.0 Å². The number of hydrogen-bond acceptors (Lipinski definition) is 5. The Morgan fingerprint density at radius 2 is 1.83 bits per heavy atom. The van der Waals surface area contributed by atoms with Crippen LogP contribution >= 0.6 is 0 Å². The average Bonchev–Trinajstić information content (AvgIpc) is 2.75. The molecule has 1 amide bonds. The highest BCUT2D eigenvalue weighted by Crippen LogP contribution is 2.40. The molecule has 29 heavy (non-hydrogen) atoms. The molecule has 0 aliphatic rings. The number of unbranched alkanes of at least 4 members (excludes halogenated alkanes) is 1. The van der Waals surface area contributed by atoms with Crippen molar-refractivity contribution in [2.75, 3.05) is 41.1 Å². The minimum atomic E-state index is -0.156. The summed E-state index contributed by atoms with van der Waals surface area (Å²) in [5.41, 5.74) is 0.737. The van der Waals surface area contributed by atoms with Crippen molar-refractivity contribution in [3.63, 3.8) is 0 Å². The number of ether oxygens (including phenoxy) is 4. The van der Waals surface area contributed by atoms with Gasteiger partial charge >= 0.3 is 0 Å². The fourth-order valence-electron chi connectivity index (χ4n) is 3.01. The van der Waals surface area contributed by atoms with Crippen LogP contribution in [0.3, 0.4) is 0 Å². The van der Waals surface area contributed by atoms with Crippen LogP contribution in [0.5, 0.6) is 17.2 Å². The number of benzene rings is 1. The second-order valence-corrected chi connectivity index (χ2v) is 6.89. The topological polar surface area (TPSA) is 66.0 Å². The zero-order valence-corrected chi connectivity index (χ0v) is 18.6. The monoisotopic (exact) mass is 407 g/mol. The second-order valence-electron chi connectivity index (χ2n) is 6.89. The maximum Gasteiger partial charge on any atom is 0.244 e. The van der Waals surface area contributed by atoms with Crippen molar-refractivity contribution in [2.24, 2.45) is 5.92 Å². The molecule has 1 aromatic rings. The van der Waals surface area contributed by atoms with E-state index < -0.39 is 0 Å². The standard InChI is InChI=1S/C23H37NO5/c1-6-8-10-18(7-2)17-29-16-9-15-24-21(25)14-12-19-11-13-20(26-3)23(28-5)22(19)27-4/h11-14,18H,6-10,15-17H2,1-5H3,(H,24,25)/b14-12+. The van der Waals surface area contributed by atoms with E-state index in [0.29, 0.717) is 36.3 Å². The lowest BCUT2D eigenvalue weighted by Gasteiger charge is -2.14. The van der Waals surface area contributed by atoms with E-state index in [1.54, 1.807) is 33.5 Å². The minimum absolute atomic E-state index is 0.156. The highest BCUT2D eigenvalue weighted by atomic mass is 16.5. The molecule has 0 radical (unpaired) electrons. The largest absolute Gasteiger partial charge is 0.493 e. The van der Waals surface area contributed by atoms with Crippen molar-refractivity contribution in [3.8, 4) is 17.2 Å². The molecule has 0 fully saturated rings. The number of nitrogens with one attached hydrogen (secondary N) is 1. The first-order chi connectivity index (χ1) is 14.1. The summed E-state index contributed by atoms with van der Waals surface area (Å²) in [6.45, 7) is 6.48. The first-order valence-corrected chi connectivity index (χ1v) is 10.4. The molecule has 0 aliphatic carbocycles. The third kappa shape index (κ3) is 8.77. The number of carbonyl (C=O) groups is 1. The maximum absolute atomic E-state index is 12.1. The van der Waals surface area contributed by atoms with Crippen molar-refractivity contribution in [1.29, 1.82) is 0 Å². The zero-order chi connectivity index (χ0) is 21.5. The van der Waals surface area contributed by atoms with Gasteiger partial charge in [-0.15, -0.1) is 0 Å². The van der Waals surface area contributed by atoms with Crippen molar-refractivity contribution in [2.45, 2.75) is 46.0 Å². The van der Waals surface area contributed by atoms with E-state index in [1.165, 1.54) is 25.3 Å². The Morgan fingerprint density at radius 1 is 1.07 bits per heavy atom. The molecule has 0 aromatic heterocycles. The lowest BCUT2D eigenvalue weighted by molar-refractivity contribution is -0.116. The summed E-state index contributed by atoms with van der Waals surface area (Å²) in [7, 11) is 4.67. The smallest absolute Gasteiger partial charge is 0.244 e. The Hall–Kier alpha value is -2.21. The van der Waals surface area contributed by atoms with Gasteiger partial charge in [0.25, 0.3) is 0 Å². The van der Waals surface area contributed by atoms with Gasteiger partial charge in [-0.1, -0.05) is 33.1 Å². The Labute approximate surface area is 175 Å². The molecule has 164 valence electrons. The highest BCUT2D eigenvalue weighted by molar-refractivity contribution is 5.92. The quantitative estimate of drug-likeness (QED) is 0.343. The van der Waals surface area contributed by atoms with Gasteiger partial charge in [-0.2, -0.15) is 0 Å². The van der Waals surface area contributed by atoms with E-state index in [2.05, 4.69) is 19.2 Å². The van der Waals surface area contributed by atoms with Crippen molar-refractivity contribution in [3.05, 3.63) is 23.8 Å². The van der Waals surface area contributed by atoms with Crippen molar-refractivity contribution in [1.82, 2.24) is 5.32 Å². The summed E-state index contributed by atoms with van der Waals surface area (Å²) in [6, 6.07) is 3.60. The Morgan fingerprint density at radius 3 is 2.45 bits per heavy atom. The SMILES string of the molecule is CCCCC(CC)COCCCNC(=O)/C=C/c1ccc(OC)c(OC)c1OC. The van der Waals surface area contributed by atoms with Crippen LogP contribution in [-0.2, 0) is 9.53 Å². The van der Waals surface area contributed by atoms with Gasteiger partial charge in [0.2, 0.25) is 11.7 Å². The van der Waals surface area contributed by atoms with Crippen LogP contribution in [0.1, 0.15) is 51.5 Å². The van der Waals surface area contributed by atoms with Gasteiger partial charge in [-0.05, 0) is 37.0 Å². The van der Waals surface area contributed by atoms with Gasteiger partial charge in [-0.25, -0.2) is 0 Å². The lowest BCUT2D eigenvalue weighted by atomic mass is 10.0. The predicted octanol–water partition coefficient (Wildman–Crippen LogP) is 4.46. The molecule has 1 N–H and O–H groups in total. The molecule has 0 bridgehead atoms. The number of carbonyl (C=O) groups excluding carboxylic acids is 1. The first-order valence-electron chi connectivity index (χ1n) is 10.4. The molecule has 0 saturated heterocycles. The Bertz CT molecular complexity index is 630. The molecule has 1 aromatic carbocycles. The summed E-state index contributed by atoms with van der Waals surface area (Å²) < 4.78 is 21.8. The van der Waals surface area contributed by atoms with E-state index >= 15 is 0 Å². The van der Waals surface area contributed by atoms with Gasteiger partial charge in [0.05, 0.1) is 21.3 Å². The van der Waals surface area contributed by atoms with Crippen LogP contribution in [-0.4, -0.2) is 47.0 Å². The fourth-order valence-corrected chi connectivity index (χ4v) is 3.01. The maximum atomic E-state index is 12.1.